The molecule has 24 heavy (non-hydrogen) atoms. The van der Waals surface area contributed by atoms with Crippen LogP contribution in [0.5, 0.6) is 0 Å². The van der Waals surface area contributed by atoms with E-state index < -0.39 is 0 Å². The molecule has 1 aromatic heterocycles. The molecule has 2 fully saturated rings. The Bertz CT molecular complexity index is 551. The average molecular weight is 334 g/mol. The second kappa shape index (κ2) is 8.12. The van der Waals surface area contributed by atoms with E-state index in [0.29, 0.717) is 11.7 Å². The van der Waals surface area contributed by atoms with Gasteiger partial charge in [0.1, 0.15) is 0 Å². The fourth-order valence-corrected chi connectivity index (χ4v) is 3.81. The van der Waals surface area contributed by atoms with Gasteiger partial charge in [-0.2, -0.15) is 5.10 Å². The van der Waals surface area contributed by atoms with Gasteiger partial charge in [-0.15, -0.1) is 0 Å². The smallest absolute Gasteiger partial charge is 0.274 e. The SMILES string of the molecule is CCn1nc(C(=O)N2CCCCC2CCN2CCOCC2)cc1C. The van der Waals surface area contributed by atoms with Gasteiger partial charge >= 0.3 is 0 Å². The van der Waals surface area contributed by atoms with E-state index in [4.69, 9.17) is 4.74 Å². The number of hydrogen-bond acceptors (Lipinski definition) is 4. The number of piperidine rings is 1. The molecule has 0 N–H and O–H groups in total. The monoisotopic (exact) mass is 334 g/mol. The van der Waals surface area contributed by atoms with Crippen molar-refractivity contribution in [1.82, 2.24) is 19.6 Å². The van der Waals surface area contributed by atoms with Crippen molar-refractivity contribution in [1.29, 1.82) is 0 Å². The predicted molar refractivity (Wildman–Crippen MR) is 93.2 cm³/mol. The summed E-state index contributed by atoms with van der Waals surface area (Å²) in [6, 6.07) is 2.28. The van der Waals surface area contributed by atoms with Crippen molar-refractivity contribution in [3.8, 4) is 0 Å². The van der Waals surface area contributed by atoms with Crippen LogP contribution in [0.25, 0.3) is 0 Å². The molecule has 1 unspecified atom stereocenters. The zero-order valence-electron chi connectivity index (χ0n) is 15.0. The van der Waals surface area contributed by atoms with Crippen molar-refractivity contribution in [3.63, 3.8) is 0 Å². The van der Waals surface area contributed by atoms with Crippen LogP contribution in [0.4, 0.5) is 0 Å². The summed E-state index contributed by atoms with van der Waals surface area (Å²) < 4.78 is 7.32. The van der Waals surface area contributed by atoms with Crippen molar-refractivity contribution in [2.45, 2.75) is 52.1 Å². The van der Waals surface area contributed by atoms with Crippen LogP contribution in [0.2, 0.25) is 0 Å². The highest BCUT2D eigenvalue weighted by Crippen LogP contribution is 2.22. The predicted octanol–water partition coefficient (Wildman–Crippen LogP) is 1.93. The van der Waals surface area contributed by atoms with E-state index in [1.807, 2.05) is 17.7 Å². The molecule has 134 valence electrons. The molecule has 1 aromatic rings. The van der Waals surface area contributed by atoms with E-state index in [1.54, 1.807) is 0 Å². The number of likely N-dealkylation sites (tertiary alicyclic amines) is 1. The lowest BCUT2D eigenvalue weighted by Crippen LogP contribution is -2.46. The Morgan fingerprint density at radius 2 is 2.08 bits per heavy atom. The van der Waals surface area contributed by atoms with E-state index in [9.17, 15) is 4.79 Å². The molecule has 0 aromatic carbocycles. The van der Waals surface area contributed by atoms with Crippen LogP contribution in [-0.2, 0) is 11.3 Å². The number of amides is 1. The number of ether oxygens (including phenoxy) is 1. The molecule has 2 aliphatic rings. The number of carbonyl (C=O) groups is 1. The van der Waals surface area contributed by atoms with Gasteiger partial charge in [0.15, 0.2) is 5.69 Å². The van der Waals surface area contributed by atoms with Crippen molar-refractivity contribution in [2.24, 2.45) is 0 Å². The first kappa shape index (κ1) is 17.4. The first-order valence-corrected chi connectivity index (χ1v) is 9.34. The summed E-state index contributed by atoms with van der Waals surface area (Å²) in [5.41, 5.74) is 1.66. The standard InChI is InChI=1S/C18H30N4O2/c1-3-22-15(2)14-17(19-22)18(23)21-8-5-4-6-16(21)7-9-20-10-12-24-13-11-20/h14,16H,3-13H2,1-2H3. The third kappa shape index (κ3) is 3.98. The molecule has 1 amide bonds. The Balaban J connectivity index is 1.63. The number of nitrogens with zero attached hydrogens (tertiary/aromatic N) is 4. The molecule has 0 radical (unpaired) electrons. The second-order valence-corrected chi connectivity index (χ2v) is 6.88. The van der Waals surface area contributed by atoms with Crippen LogP contribution >= 0.6 is 0 Å². The maximum absolute atomic E-state index is 13.0. The summed E-state index contributed by atoms with van der Waals surface area (Å²) in [6.07, 6.45) is 4.50. The minimum atomic E-state index is 0.108. The Hall–Kier alpha value is -1.40. The Morgan fingerprint density at radius 1 is 1.29 bits per heavy atom. The van der Waals surface area contributed by atoms with Crippen LogP contribution in [0.3, 0.4) is 0 Å². The largest absolute Gasteiger partial charge is 0.379 e. The number of hydrogen-bond donors (Lipinski definition) is 0. The first-order chi connectivity index (χ1) is 11.7. The molecule has 3 rings (SSSR count). The minimum Gasteiger partial charge on any atom is -0.379 e. The lowest BCUT2D eigenvalue weighted by molar-refractivity contribution is 0.0294. The highest BCUT2D eigenvalue weighted by atomic mass is 16.5. The number of morpholine rings is 1. The third-order valence-electron chi connectivity index (χ3n) is 5.27. The molecule has 0 aliphatic carbocycles. The highest BCUT2D eigenvalue weighted by Gasteiger charge is 2.29. The van der Waals surface area contributed by atoms with Gasteiger partial charge in [0.2, 0.25) is 0 Å². The number of aryl methyl sites for hydroxylation is 2. The maximum atomic E-state index is 13.0. The van der Waals surface area contributed by atoms with Gasteiger partial charge < -0.3 is 9.64 Å². The molecule has 0 saturated carbocycles. The molecule has 6 nitrogen and oxygen atoms in total. The van der Waals surface area contributed by atoms with Crippen LogP contribution in [0.15, 0.2) is 6.07 Å². The maximum Gasteiger partial charge on any atom is 0.274 e. The minimum absolute atomic E-state index is 0.108. The highest BCUT2D eigenvalue weighted by molar-refractivity contribution is 5.92. The summed E-state index contributed by atoms with van der Waals surface area (Å²) >= 11 is 0. The van der Waals surface area contributed by atoms with Crippen LogP contribution in [0, 0.1) is 6.92 Å². The average Bonchev–Trinajstić information content (AvgIpc) is 3.01. The zero-order valence-corrected chi connectivity index (χ0v) is 15.0. The lowest BCUT2D eigenvalue weighted by Gasteiger charge is -2.37. The van der Waals surface area contributed by atoms with Gasteiger partial charge in [-0.3, -0.25) is 14.4 Å². The topological polar surface area (TPSA) is 50.6 Å². The summed E-state index contributed by atoms with van der Waals surface area (Å²) in [6.45, 7) is 10.5. The van der Waals surface area contributed by atoms with Gasteiger partial charge in [-0.25, -0.2) is 0 Å². The first-order valence-electron chi connectivity index (χ1n) is 9.34. The summed E-state index contributed by atoms with van der Waals surface area (Å²) in [5, 5.41) is 4.49. The molecule has 0 spiro atoms. The molecule has 6 heteroatoms. The third-order valence-corrected chi connectivity index (χ3v) is 5.27. The zero-order chi connectivity index (χ0) is 16.9. The van der Waals surface area contributed by atoms with Crippen LogP contribution in [0.1, 0.15) is 48.8 Å². The molecule has 2 saturated heterocycles. The van der Waals surface area contributed by atoms with Crippen LogP contribution in [-0.4, -0.2) is 70.9 Å². The molecular formula is C18H30N4O2. The van der Waals surface area contributed by atoms with Gasteiger partial charge in [-0.1, -0.05) is 0 Å². The Morgan fingerprint density at radius 3 is 2.79 bits per heavy atom. The van der Waals surface area contributed by atoms with Crippen molar-refractivity contribution in [2.75, 3.05) is 39.4 Å². The lowest BCUT2D eigenvalue weighted by atomic mass is 9.98. The van der Waals surface area contributed by atoms with E-state index in [-0.39, 0.29) is 5.91 Å². The molecule has 2 aliphatic heterocycles. The van der Waals surface area contributed by atoms with E-state index in [0.717, 1.165) is 70.9 Å². The summed E-state index contributed by atoms with van der Waals surface area (Å²) in [7, 11) is 0. The van der Waals surface area contributed by atoms with Gasteiger partial charge in [-0.05, 0) is 45.6 Å². The summed E-state index contributed by atoms with van der Waals surface area (Å²) in [5.74, 6) is 0.108. The van der Waals surface area contributed by atoms with Gasteiger partial charge in [0, 0.05) is 44.5 Å². The number of aromatic nitrogens is 2. The van der Waals surface area contributed by atoms with E-state index in [1.165, 1.54) is 6.42 Å². The summed E-state index contributed by atoms with van der Waals surface area (Å²) in [4.78, 5) is 17.5. The van der Waals surface area contributed by atoms with Crippen molar-refractivity contribution in [3.05, 3.63) is 17.5 Å². The van der Waals surface area contributed by atoms with Gasteiger partial charge in [0.25, 0.3) is 5.91 Å². The van der Waals surface area contributed by atoms with E-state index in [2.05, 4.69) is 21.8 Å². The Labute approximate surface area is 144 Å². The van der Waals surface area contributed by atoms with E-state index >= 15 is 0 Å². The molecular weight excluding hydrogens is 304 g/mol. The molecule has 3 heterocycles. The number of carbonyl (C=O) groups excluding carboxylic acids is 1. The normalized spacial score (nSPS) is 22.8. The molecule has 1 atom stereocenters. The fraction of sp³-hybridized carbons (Fsp3) is 0.778. The van der Waals surface area contributed by atoms with Crippen molar-refractivity contribution < 1.29 is 9.53 Å². The fourth-order valence-electron chi connectivity index (χ4n) is 3.81. The Kier molecular flexibility index (Phi) is 5.89. The van der Waals surface area contributed by atoms with Crippen molar-refractivity contribution >= 4 is 5.91 Å². The number of rotatable bonds is 5. The quantitative estimate of drug-likeness (QED) is 0.826. The van der Waals surface area contributed by atoms with Crippen LogP contribution < -0.4 is 0 Å². The van der Waals surface area contributed by atoms with Gasteiger partial charge in [0.05, 0.1) is 13.2 Å². The molecule has 0 bridgehead atoms. The second-order valence-electron chi connectivity index (χ2n) is 6.88.